The Kier molecular flexibility index (Phi) is 4.15. The SMILES string of the molecule is Cc1cccc(C(NCC2CC2)/C(C=N)=C/N)c1. The average Bonchev–Trinajstić information content (AvgIpc) is 3.18. The second-order valence-electron chi connectivity index (χ2n) is 5.01. The lowest BCUT2D eigenvalue weighted by Crippen LogP contribution is -2.26. The van der Waals surface area contributed by atoms with Crippen LogP contribution >= 0.6 is 0 Å². The third kappa shape index (κ3) is 3.20. The summed E-state index contributed by atoms with van der Waals surface area (Å²) >= 11 is 0. The Morgan fingerprint density at radius 3 is 2.89 bits per heavy atom. The van der Waals surface area contributed by atoms with Crippen LogP contribution in [0.25, 0.3) is 0 Å². The lowest BCUT2D eigenvalue weighted by Gasteiger charge is -2.20. The Morgan fingerprint density at radius 2 is 2.33 bits per heavy atom. The van der Waals surface area contributed by atoms with Crippen LogP contribution < -0.4 is 11.1 Å². The van der Waals surface area contributed by atoms with E-state index in [1.807, 2.05) is 0 Å². The van der Waals surface area contributed by atoms with E-state index in [9.17, 15) is 0 Å². The highest BCUT2D eigenvalue weighted by molar-refractivity contribution is 5.77. The van der Waals surface area contributed by atoms with E-state index in [1.165, 1.54) is 36.4 Å². The van der Waals surface area contributed by atoms with Gasteiger partial charge in [-0.15, -0.1) is 0 Å². The Bertz CT molecular complexity index is 447. The summed E-state index contributed by atoms with van der Waals surface area (Å²) in [5.74, 6) is 0.807. The molecule has 0 aliphatic heterocycles. The minimum absolute atomic E-state index is 0.0352. The van der Waals surface area contributed by atoms with Gasteiger partial charge in [-0.1, -0.05) is 29.8 Å². The van der Waals surface area contributed by atoms with Gasteiger partial charge < -0.3 is 16.5 Å². The predicted molar refractivity (Wildman–Crippen MR) is 75.7 cm³/mol. The summed E-state index contributed by atoms with van der Waals surface area (Å²) < 4.78 is 0. The van der Waals surface area contributed by atoms with Crippen molar-refractivity contribution in [2.24, 2.45) is 11.7 Å². The molecule has 1 fully saturated rings. The summed E-state index contributed by atoms with van der Waals surface area (Å²) in [7, 11) is 0. The van der Waals surface area contributed by atoms with E-state index in [0.717, 1.165) is 18.0 Å². The van der Waals surface area contributed by atoms with Crippen LogP contribution in [0.2, 0.25) is 0 Å². The molecule has 1 aliphatic carbocycles. The van der Waals surface area contributed by atoms with Crippen LogP contribution in [0.3, 0.4) is 0 Å². The van der Waals surface area contributed by atoms with Crippen LogP contribution in [-0.4, -0.2) is 12.8 Å². The minimum Gasteiger partial charge on any atom is -0.404 e. The zero-order valence-corrected chi connectivity index (χ0v) is 10.8. The summed E-state index contributed by atoms with van der Waals surface area (Å²) in [6, 6.07) is 8.40. The lowest BCUT2D eigenvalue weighted by atomic mass is 9.98. The summed E-state index contributed by atoms with van der Waals surface area (Å²) in [5, 5.41) is 11.0. The van der Waals surface area contributed by atoms with E-state index in [0.29, 0.717) is 0 Å². The molecule has 2 rings (SSSR count). The number of benzene rings is 1. The van der Waals surface area contributed by atoms with Gasteiger partial charge in [0.1, 0.15) is 0 Å². The molecule has 0 aromatic heterocycles. The molecule has 1 unspecified atom stereocenters. The lowest BCUT2D eigenvalue weighted by molar-refractivity contribution is 0.576. The van der Waals surface area contributed by atoms with Crippen molar-refractivity contribution in [2.75, 3.05) is 6.54 Å². The third-order valence-corrected chi connectivity index (χ3v) is 3.38. The molecule has 1 aromatic rings. The first-order valence-corrected chi connectivity index (χ1v) is 6.47. The number of rotatable bonds is 6. The maximum atomic E-state index is 7.48. The molecule has 3 nitrogen and oxygen atoms in total. The van der Waals surface area contributed by atoms with Crippen molar-refractivity contribution in [2.45, 2.75) is 25.8 Å². The van der Waals surface area contributed by atoms with Crippen molar-refractivity contribution in [3.05, 3.63) is 47.2 Å². The van der Waals surface area contributed by atoms with Gasteiger partial charge in [0.25, 0.3) is 0 Å². The fourth-order valence-corrected chi connectivity index (χ4v) is 2.11. The van der Waals surface area contributed by atoms with Crippen molar-refractivity contribution < 1.29 is 0 Å². The van der Waals surface area contributed by atoms with Crippen molar-refractivity contribution in [1.82, 2.24) is 5.32 Å². The molecule has 18 heavy (non-hydrogen) atoms. The predicted octanol–water partition coefficient (Wildman–Crippen LogP) is 2.53. The van der Waals surface area contributed by atoms with Gasteiger partial charge in [0.05, 0.1) is 6.04 Å². The smallest absolute Gasteiger partial charge is 0.0606 e. The van der Waals surface area contributed by atoms with Gasteiger partial charge in [-0.2, -0.15) is 0 Å². The molecule has 3 heteroatoms. The highest BCUT2D eigenvalue weighted by Crippen LogP contribution is 2.29. The van der Waals surface area contributed by atoms with E-state index < -0.39 is 0 Å². The Hall–Kier alpha value is -1.61. The molecular weight excluding hydrogens is 222 g/mol. The van der Waals surface area contributed by atoms with Gasteiger partial charge in [-0.05, 0) is 37.8 Å². The topological polar surface area (TPSA) is 61.9 Å². The number of nitrogens with one attached hydrogen (secondary N) is 2. The van der Waals surface area contributed by atoms with Crippen LogP contribution in [0.15, 0.2) is 36.0 Å². The zero-order valence-electron chi connectivity index (χ0n) is 10.8. The molecule has 0 heterocycles. The first-order chi connectivity index (χ1) is 8.74. The van der Waals surface area contributed by atoms with E-state index in [1.54, 1.807) is 0 Å². The summed E-state index contributed by atoms with van der Waals surface area (Å²) in [5.41, 5.74) is 8.85. The van der Waals surface area contributed by atoms with Crippen molar-refractivity contribution >= 4 is 6.21 Å². The largest absolute Gasteiger partial charge is 0.404 e. The van der Waals surface area contributed by atoms with Crippen LogP contribution in [0.1, 0.15) is 30.0 Å². The van der Waals surface area contributed by atoms with Gasteiger partial charge >= 0.3 is 0 Å². The van der Waals surface area contributed by atoms with Crippen LogP contribution in [0.5, 0.6) is 0 Å². The van der Waals surface area contributed by atoms with Gasteiger partial charge in [-0.3, -0.25) is 0 Å². The van der Waals surface area contributed by atoms with Crippen LogP contribution in [0, 0.1) is 18.3 Å². The van der Waals surface area contributed by atoms with E-state index in [2.05, 4.69) is 36.5 Å². The molecule has 96 valence electrons. The Balaban J connectivity index is 2.18. The number of nitrogens with two attached hydrogens (primary N) is 1. The number of hydrogen-bond donors (Lipinski definition) is 3. The third-order valence-electron chi connectivity index (χ3n) is 3.38. The van der Waals surface area contributed by atoms with Crippen molar-refractivity contribution in [3.8, 4) is 0 Å². The van der Waals surface area contributed by atoms with Crippen LogP contribution in [0.4, 0.5) is 0 Å². The van der Waals surface area contributed by atoms with Crippen molar-refractivity contribution in [1.29, 1.82) is 5.41 Å². The summed E-state index contributed by atoms with van der Waals surface area (Å²) in [4.78, 5) is 0. The van der Waals surface area contributed by atoms with Gasteiger partial charge in [-0.25, -0.2) is 0 Å². The fourth-order valence-electron chi connectivity index (χ4n) is 2.11. The molecule has 1 aliphatic rings. The van der Waals surface area contributed by atoms with E-state index in [4.69, 9.17) is 11.1 Å². The molecule has 1 atom stereocenters. The molecule has 1 aromatic carbocycles. The summed E-state index contributed by atoms with van der Waals surface area (Å²) in [6.07, 6.45) is 5.51. The molecule has 0 amide bonds. The zero-order chi connectivity index (χ0) is 13.0. The minimum atomic E-state index is 0.0352. The molecular formula is C15H21N3. The Labute approximate surface area is 109 Å². The second kappa shape index (κ2) is 5.83. The maximum Gasteiger partial charge on any atom is 0.0606 e. The monoisotopic (exact) mass is 243 g/mol. The van der Waals surface area contributed by atoms with E-state index in [-0.39, 0.29) is 6.04 Å². The average molecular weight is 243 g/mol. The molecule has 0 saturated heterocycles. The van der Waals surface area contributed by atoms with Crippen LogP contribution in [-0.2, 0) is 0 Å². The molecule has 1 saturated carbocycles. The van der Waals surface area contributed by atoms with Gasteiger partial charge in [0.2, 0.25) is 0 Å². The van der Waals surface area contributed by atoms with E-state index >= 15 is 0 Å². The quantitative estimate of drug-likeness (QED) is 0.672. The Morgan fingerprint density at radius 1 is 1.56 bits per heavy atom. The summed E-state index contributed by atoms with van der Waals surface area (Å²) in [6.45, 7) is 3.08. The van der Waals surface area contributed by atoms with Gasteiger partial charge in [0.15, 0.2) is 0 Å². The van der Waals surface area contributed by atoms with Gasteiger partial charge in [0, 0.05) is 18.0 Å². The first-order valence-electron chi connectivity index (χ1n) is 6.47. The molecule has 0 spiro atoms. The molecule has 0 bridgehead atoms. The number of aryl methyl sites for hydroxylation is 1. The molecule has 0 radical (unpaired) electrons. The maximum absolute atomic E-state index is 7.48. The highest BCUT2D eigenvalue weighted by Gasteiger charge is 2.23. The van der Waals surface area contributed by atoms with Crippen molar-refractivity contribution in [3.63, 3.8) is 0 Å². The fraction of sp³-hybridized carbons (Fsp3) is 0.400. The normalized spacial score (nSPS) is 17.5. The molecule has 4 N–H and O–H groups in total. The number of hydrogen-bond acceptors (Lipinski definition) is 3. The highest BCUT2D eigenvalue weighted by atomic mass is 14.9. The second-order valence-corrected chi connectivity index (χ2v) is 5.01. The first kappa shape index (κ1) is 12.8. The standard InChI is InChI=1S/C15H21N3/c1-11-3-2-4-13(7-11)15(14(8-16)9-17)18-10-12-5-6-12/h2-4,7-9,12,15-16,18H,5-6,10,17H2,1H3/b14-9+,16-8?.